The fourth-order valence-electron chi connectivity index (χ4n) is 5.36. The van der Waals surface area contributed by atoms with E-state index < -0.39 is 0 Å². The fraction of sp³-hybridized carbons (Fsp3) is 0. The highest BCUT2D eigenvalue weighted by molar-refractivity contribution is 14.1. The topological polar surface area (TPSA) is 0 Å². The molecule has 0 aliphatic heterocycles. The first kappa shape index (κ1) is 23.9. The Hall–Kier alpha value is -3.22. The number of hydrogen-bond acceptors (Lipinski definition) is 0. The molecule has 7 aromatic rings. The summed E-state index contributed by atoms with van der Waals surface area (Å²) in [6.07, 6.45) is 0. The van der Waals surface area contributed by atoms with E-state index in [0.717, 1.165) is 0 Å². The lowest BCUT2D eigenvalue weighted by Crippen LogP contribution is -1.79. The molecule has 0 nitrogen and oxygen atoms in total. The fourth-order valence-corrected chi connectivity index (χ4v) is 6.70. The van der Waals surface area contributed by atoms with Gasteiger partial charge in [-0.1, -0.05) is 72.8 Å². The average Bonchev–Trinajstić information content (AvgIpc) is 2.96. The molecule has 0 heterocycles. The molecule has 0 fully saturated rings. The lowest BCUT2D eigenvalue weighted by molar-refractivity contribution is 1.74. The van der Waals surface area contributed by atoms with Gasteiger partial charge < -0.3 is 0 Å². The molecule has 38 heavy (non-hydrogen) atoms. The van der Waals surface area contributed by atoms with Crippen molar-refractivity contribution in [2.24, 2.45) is 0 Å². The Bertz CT molecular complexity index is 1850. The molecule has 7 rings (SSSR count). The van der Waals surface area contributed by atoms with E-state index in [1.807, 2.05) is 0 Å². The molecule has 0 unspecified atom stereocenters. The summed E-state index contributed by atoms with van der Waals surface area (Å²) in [7, 11) is 0. The highest BCUT2D eigenvalue weighted by atomic mass is 127. The van der Waals surface area contributed by atoms with E-state index in [2.05, 4.69) is 179 Å². The maximum atomic E-state index is 2.44. The summed E-state index contributed by atoms with van der Waals surface area (Å²) in [4.78, 5) is 0. The number of fused-ring (bicyclic) bond motifs is 18. The summed E-state index contributed by atoms with van der Waals surface area (Å²) in [6, 6.07) is 49.4. The molecule has 0 radical (unpaired) electrons. The van der Waals surface area contributed by atoms with Gasteiger partial charge in [0.25, 0.3) is 0 Å². The van der Waals surface area contributed by atoms with Crippen LogP contribution in [0.15, 0.2) is 133 Å². The molecule has 12 bridgehead atoms. The lowest BCUT2D eigenvalue weighted by atomic mass is 10.0. The van der Waals surface area contributed by atoms with Crippen molar-refractivity contribution in [2.45, 2.75) is 0 Å². The SMILES string of the molecule is Ic1cc2cc(c1)c1cccc(c1)c1cccc(c1)c1cc(I)cc(c1)c1cccc(c1)c1cccc2c1. The summed E-state index contributed by atoms with van der Waals surface area (Å²) in [6.45, 7) is 0. The van der Waals surface area contributed by atoms with Gasteiger partial charge in [-0.25, -0.2) is 0 Å². The van der Waals surface area contributed by atoms with Crippen LogP contribution in [0.1, 0.15) is 0 Å². The maximum absolute atomic E-state index is 2.44. The van der Waals surface area contributed by atoms with Gasteiger partial charge in [0.2, 0.25) is 0 Å². The summed E-state index contributed by atoms with van der Waals surface area (Å²) in [5.41, 5.74) is 0. The van der Waals surface area contributed by atoms with Crippen molar-refractivity contribution >= 4 is 110 Å². The van der Waals surface area contributed by atoms with Gasteiger partial charge in [-0.15, -0.1) is 0 Å². The monoisotopic (exact) mass is 708 g/mol. The first-order valence-electron chi connectivity index (χ1n) is 12.6. The standard InChI is InChI=1S/C36H22I2/c37-35-19-31-17-32(20-35)29-11-3-7-25(15-29)26-8-4-12-30(16-26)34-18-33(21-36(38)22-34)28-10-2-6-24(14-28)23-5-1-9-27(31)13-23/h1-22H. The van der Waals surface area contributed by atoms with E-state index >= 15 is 0 Å². The van der Waals surface area contributed by atoms with Crippen molar-refractivity contribution in [1.82, 2.24) is 0 Å². The van der Waals surface area contributed by atoms with Gasteiger partial charge in [0.1, 0.15) is 0 Å². The molecule has 0 atom stereocenters. The van der Waals surface area contributed by atoms with Crippen LogP contribution in [0.4, 0.5) is 0 Å². The Morgan fingerprint density at radius 3 is 0.658 bits per heavy atom. The molecule has 0 amide bonds. The van der Waals surface area contributed by atoms with Crippen LogP contribution in [-0.2, 0) is 0 Å². The lowest BCUT2D eigenvalue weighted by Gasteiger charge is -2.04. The Kier molecular flexibility index (Phi) is 6.17. The Morgan fingerprint density at radius 2 is 0.421 bits per heavy atom. The average molecular weight is 708 g/mol. The summed E-state index contributed by atoms with van der Waals surface area (Å²) < 4.78 is 2.47. The van der Waals surface area contributed by atoms with Gasteiger partial charge in [0.05, 0.1) is 0 Å². The van der Waals surface area contributed by atoms with E-state index in [4.69, 9.17) is 0 Å². The van der Waals surface area contributed by atoms with Crippen LogP contribution in [0.25, 0.3) is 64.6 Å². The zero-order chi connectivity index (χ0) is 25.6. The summed E-state index contributed by atoms with van der Waals surface area (Å²) in [5, 5.41) is 14.8. The largest absolute Gasteiger partial charge is 0.0610 e. The van der Waals surface area contributed by atoms with Crippen LogP contribution in [0.3, 0.4) is 0 Å². The molecule has 0 aromatic heterocycles. The van der Waals surface area contributed by atoms with Crippen LogP contribution in [0.2, 0.25) is 0 Å². The van der Waals surface area contributed by atoms with Crippen molar-refractivity contribution < 1.29 is 0 Å². The number of rotatable bonds is 0. The third-order valence-electron chi connectivity index (χ3n) is 7.25. The van der Waals surface area contributed by atoms with Crippen LogP contribution in [-0.4, -0.2) is 0 Å². The minimum absolute atomic E-state index is 1.23. The van der Waals surface area contributed by atoms with Crippen LogP contribution in [0.5, 0.6) is 0 Å². The molecule has 7 aromatic carbocycles. The van der Waals surface area contributed by atoms with Crippen molar-refractivity contribution in [2.75, 3.05) is 0 Å². The number of hydrogen-bond donors (Lipinski definition) is 0. The Labute approximate surface area is 248 Å². The van der Waals surface area contributed by atoms with Crippen LogP contribution in [0, 0.1) is 7.14 Å². The number of benzene rings is 6. The minimum atomic E-state index is 1.23. The minimum Gasteiger partial charge on any atom is -0.0610 e. The quantitative estimate of drug-likeness (QED) is 0.138. The van der Waals surface area contributed by atoms with Gasteiger partial charge in [-0.05, 0) is 170 Å². The third-order valence-corrected chi connectivity index (χ3v) is 8.49. The second kappa shape index (κ2) is 9.83. The maximum Gasteiger partial charge on any atom is 0.0142 e. The molecular weight excluding hydrogens is 686 g/mol. The predicted molar refractivity (Wildman–Crippen MR) is 183 cm³/mol. The molecule has 180 valence electrons. The highest BCUT2D eigenvalue weighted by Crippen LogP contribution is 2.28. The normalized spacial score (nSPS) is 11.4. The van der Waals surface area contributed by atoms with E-state index in [0.29, 0.717) is 0 Å². The second-order valence-corrected chi connectivity index (χ2v) is 12.3. The molecule has 2 heteroatoms. The third kappa shape index (κ3) is 4.61. The molecule has 0 spiro atoms. The molecule has 0 saturated carbocycles. The molecule has 0 saturated heterocycles. The molecule has 0 aliphatic rings. The molecular formula is C36H22I2. The van der Waals surface area contributed by atoms with Crippen molar-refractivity contribution in [1.29, 1.82) is 0 Å². The predicted octanol–water partition coefficient (Wildman–Crippen LogP) is 11.5. The Morgan fingerprint density at radius 1 is 0.237 bits per heavy atom. The van der Waals surface area contributed by atoms with Crippen molar-refractivity contribution in [3.63, 3.8) is 0 Å². The Balaban J connectivity index is 1.74. The smallest absolute Gasteiger partial charge is 0.0142 e. The van der Waals surface area contributed by atoms with Gasteiger partial charge in [-0.3, -0.25) is 0 Å². The summed E-state index contributed by atoms with van der Waals surface area (Å²) in [5.74, 6) is 0. The summed E-state index contributed by atoms with van der Waals surface area (Å²) >= 11 is 4.89. The molecule has 0 N–H and O–H groups in total. The van der Waals surface area contributed by atoms with Gasteiger partial charge in [0.15, 0.2) is 0 Å². The highest BCUT2D eigenvalue weighted by Gasteiger charge is 2.01. The van der Waals surface area contributed by atoms with Crippen molar-refractivity contribution in [3.8, 4) is 0 Å². The van der Waals surface area contributed by atoms with Gasteiger partial charge >= 0.3 is 0 Å². The van der Waals surface area contributed by atoms with Gasteiger partial charge in [-0.2, -0.15) is 0 Å². The number of halogens is 2. The van der Waals surface area contributed by atoms with Crippen LogP contribution < -0.4 is 0 Å². The van der Waals surface area contributed by atoms with E-state index in [9.17, 15) is 0 Å². The van der Waals surface area contributed by atoms with Crippen molar-refractivity contribution in [3.05, 3.63) is 141 Å². The molecule has 0 aliphatic carbocycles. The van der Waals surface area contributed by atoms with Gasteiger partial charge in [0, 0.05) is 7.14 Å². The van der Waals surface area contributed by atoms with E-state index in [1.54, 1.807) is 0 Å². The van der Waals surface area contributed by atoms with E-state index in [-0.39, 0.29) is 0 Å². The second-order valence-electron chi connectivity index (χ2n) is 9.78. The zero-order valence-corrected chi connectivity index (χ0v) is 24.8. The van der Waals surface area contributed by atoms with Crippen LogP contribution >= 0.6 is 45.2 Å². The first-order valence-corrected chi connectivity index (χ1v) is 14.8. The van der Waals surface area contributed by atoms with E-state index in [1.165, 1.54) is 71.8 Å². The zero-order valence-electron chi connectivity index (χ0n) is 20.5. The first-order chi connectivity index (χ1) is 18.6.